The standard InChI is InChI=1S/C22H20BrF3N2O4S/c23-17-10-14-6-8-28(21(30)13-4-5-13)18(14)12-19(17)33(31,32)9-7-20(29)27-16-3-1-2-15(11-16)22(24,25)26/h1-3,10-13H,4-9H2,(H,27,29). The SMILES string of the molecule is O=C(CCS(=O)(=O)c1cc2c(cc1Br)CCN2C(=O)C1CC1)Nc1cccc(C(F)(F)F)c1. The zero-order valence-electron chi connectivity index (χ0n) is 17.3. The van der Waals surface area contributed by atoms with Gasteiger partial charge >= 0.3 is 6.18 Å². The Morgan fingerprint density at radius 1 is 1.15 bits per heavy atom. The Bertz CT molecular complexity index is 1230. The summed E-state index contributed by atoms with van der Waals surface area (Å²) in [6.45, 7) is 0.500. The van der Waals surface area contributed by atoms with Crippen molar-refractivity contribution < 1.29 is 31.2 Å². The average molecular weight is 545 g/mol. The van der Waals surface area contributed by atoms with Crippen molar-refractivity contribution in [2.75, 3.05) is 22.5 Å². The van der Waals surface area contributed by atoms with E-state index in [9.17, 15) is 31.2 Å². The van der Waals surface area contributed by atoms with Crippen LogP contribution in [0, 0.1) is 5.92 Å². The summed E-state index contributed by atoms with van der Waals surface area (Å²) in [6, 6.07) is 7.27. The van der Waals surface area contributed by atoms with Crippen LogP contribution in [0.2, 0.25) is 0 Å². The molecule has 1 saturated carbocycles. The molecule has 0 bridgehead atoms. The van der Waals surface area contributed by atoms with E-state index in [2.05, 4.69) is 21.2 Å². The lowest BCUT2D eigenvalue weighted by molar-refractivity contribution is -0.137. The summed E-state index contributed by atoms with van der Waals surface area (Å²) in [6.07, 6.45) is -2.68. The van der Waals surface area contributed by atoms with E-state index in [0.29, 0.717) is 23.1 Å². The first-order chi connectivity index (χ1) is 15.5. The van der Waals surface area contributed by atoms with E-state index >= 15 is 0 Å². The van der Waals surface area contributed by atoms with Gasteiger partial charge in [0.15, 0.2) is 9.84 Å². The molecule has 2 aromatic carbocycles. The van der Waals surface area contributed by atoms with Gasteiger partial charge in [-0.15, -0.1) is 0 Å². The second-order valence-electron chi connectivity index (χ2n) is 8.12. The number of halogens is 4. The van der Waals surface area contributed by atoms with Gasteiger partial charge in [0.05, 0.1) is 16.2 Å². The Morgan fingerprint density at radius 3 is 2.55 bits per heavy atom. The van der Waals surface area contributed by atoms with Gasteiger partial charge in [0.25, 0.3) is 0 Å². The second kappa shape index (κ2) is 8.75. The Balaban J connectivity index is 1.46. The number of alkyl halides is 3. The van der Waals surface area contributed by atoms with Crippen molar-refractivity contribution in [3.63, 3.8) is 0 Å². The van der Waals surface area contributed by atoms with Crippen LogP contribution in [-0.4, -0.2) is 32.5 Å². The van der Waals surface area contributed by atoms with Crippen LogP contribution in [0.3, 0.4) is 0 Å². The van der Waals surface area contributed by atoms with Crippen LogP contribution < -0.4 is 10.2 Å². The van der Waals surface area contributed by atoms with Crippen molar-refractivity contribution in [2.24, 2.45) is 5.92 Å². The lowest BCUT2D eigenvalue weighted by Crippen LogP contribution is -2.30. The van der Waals surface area contributed by atoms with E-state index in [4.69, 9.17) is 0 Å². The number of amides is 2. The van der Waals surface area contributed by atoms with Crippen LogP contribution in [0.15, 0.2) is 45.8 Å². The predicted molar refractivity (Wildman–Crippen MR) is 120 cm³/mol. The summed E-state index contributed by atoms with van der Waals surface area (Å²) < 4.78 is 64.8. The summed E-state index contributed by atoms with van der Waals surface area (Å²) in [4.78, 5) is 26.4. The molecule has 0 atom stereocenters. The Kier molecular flexibility index (Phi) is 6.30. The fraction of sp³-hybridized carbons (Fsp3) is 0.364. The molecule has 6 nitrogen and oxygen atoms in total. The maximum atomic E-state index is 13.0. The molecule has 0 unspecified atom stereocenters. The molecule has 0 aromatic heterocycles. The fourth-order valence-corrected chi connectivity index (χ4v) is 6.19. The van der Waals surface area contributed by atoms with Gasteiger partial charge in [-0.1, -0.05) is 6.07 Å². The summed E-state index contributed by atoms with van der Waals surface area (Å²) in [5.74, 6) is -1.26. The van der Waals surface area contributed by atoms with E-state index in [1.54, 1.807) is 11.0 Å². The molecule has 0 spiro atoms. The largest absolute Gasteiger partial charge is 0.416 e. The minimum Gasteiger partial charge on any atom is -0.326 e. The van der Waals surface area contributed by atoms with Gasteiger partial charge in [-0.2, -0.15) is 13.2 Å². The van der Waals surface area contributed by atoms with E-state index in [0.717, 1.165) is 36.6 Å². The lowest BCUT2D eigenvalue weighted by atomic mass is 10.2. The van der Waals surface area contributed by atoms with E-state index in [-0.39, 0.29) is 22.4 Å². The molecule has 4 rings (SSSR count). The minimum absolute atomic E-state index is 0.000106. The zero-order valence-corrected chi connectivity index (χ0v) is 19.7. The molecule has 11 heteroatoms. The molecule has 0 saturated heterocycles. The molecule has 176 valence electrons. The molecule has 0 radical (unpaired) electrons. The summed E-state index contributed by atoms with van der Waals surface area (Å²) in [5.41, 5.74) is 0.458. The van der Waals surface area contributed by atoms with Crippen LogP contribution >= 0.6 is 15.9 Å². The first-order valence-corrected chi connectivity index (χ1v) is 12.7. The van der Waals surface area contributed by atoms with Gasteiger partial charge in [0.1, 0.15) is 0 Å². The highest BCUT2D eigenvalue weighted by Gasteiger charge is 2.37. The molecule has 33 heavy (non-hydrogen) atoms. The van der Waals surface area contributed by atoms with Gasteiger partial charge in [0.2, 0.25) is 11.8 Å². The molecule has 2 aliphatic rings. The zero-order chi connectivity index (χ0) is 24.0. The van der Waals surface area contributed by atoms with Gasteiger partial charge in [-0.3, -0.25) is 9.59 Å². The number of rotatable bonds is 6. The minimum atomic E-state index is -4.56. The number of hydrogen-bond donors (Lipinski definition) is 1. The Hall–Kier alpha value is -2.40. The molecule has 2 aromatic rings. The van der Waals surface area contributed by atoms with E-state index in [1.807, 2.05) is 0 Å². The molecule has 1 fully saturated rings. The highest BCUT2D eigenvalue weighted by molar-refractivity contribution is 9.10. The summed E-state index contributed by atoms with van der Waals surface area (Å²) in [7, 11) is -3.91. The number of carbonyl (C=O) groups is 2. The number of sulfone groups is 1. The van der Waals surface area contributed by atoms with Crippen molar-refractivity contribution in [3.05, 3.63) is 52.0 Å². The number of fused-ring (bicyclic) bond motifs is 1. The summed E-state index contributed by atoms with van der Waals surface area (Å²) in [5, 5.41) is 2.31. The molecule has 1 heterocycles. The normalized spacial score (nSPS) is 15.9. The third kappa shape index (κ3) is 5.24. The molecular formula is C22H20BrF3N2O4S. The highest BCUT2D eigenvalue weighted by atomic mass is 79.9. The maximum Gasteiger partial charge on any atom is 0.416 e. The fourth-order valence-electron chi connectivity index (χ4n) is 3.74. The third-order valence-corrected chi connectivity index (χ3v) is 8.30. The van der Waals surface area contributed by atoms with Gasteiger partial charge in [-0.05, 0) is 71.1 Å². The first kappa shape index (κ1) is 23.7. The topological polar surface area (TPSA) is 83.6 Å². The Morgan fingerprint density at radius 2 is 1.88 bits per heavy atom. The number of carbonyl (C=O) groups excluding carboxylic acids is 2. The lowest BCUT2D eigenvalue weighted by Gasteiger charge is -2.18. The van der Waals surface area contributed by atoms with Crippen LogP contribution in [0.5, 0.6) is 0 Å². The van der Waals surface area contributed by atoms with Crippen molar-refractivity contribution in [3.8, 4) is 0 Å². The molecule has 1 N–H and O–H groups in total. The van der Waals surface area contributed by atoms with Crippen molar-refractivity contribution in [2.45, 2.75) is 36.8 Å². The van der Waals surface area contributed by atoms with Crippen molar-refractivity contribution >= 4 is 49.0 Å². The molecule has 1 aliphatic heterocycles. The first-order valence-electron chi connectivity index (χ1n) is 10.3. The molecular weight excluding hydrogens is 525 g/mol. The van der Waals surface area contributed by atoms with Gasteiger partial charge < -0.3 is 10.2 Å². The number of nitrogens with zero attached hydrogens (tertiary/aromatic N) is 1. The van der Waals surface area contributed by atoms with Crippen LogP contribution in [0.4, 0.5) is 24.5 Å². The summed E-state index contributed by atoms with van der Waals surface area (Å²) >= 11 is 3.28. The van der Waals surface area contributed by atoms with Crippen LogP contribution in [0.1, 0.15) is 30.4 Å². The van der Waals surface area contributed by atoms with Gasteiger partial charge in [-0.25, -0.2) is 8.42 Å². The number of anilines is 2. The van der Waals surface area contributed by atoms with Gasteiger partial charge in [0, 0.05) is 34.7 Å². The monoisotopic (exact) mass is 544 g/mol. The predicted octanol–water partition coefficient (Wildman–Crippen LogP) is 4.57. The smallest absolute Gasteiger partial charge is 0.326 e. The van der Waals surface area contributed by atoms with Crippen molar-refractivity contribution in [1.82, 2.24) is 0 Å². The number of benzene rings is 2. The molecule has 2 amide bonds. The quantitative estimate of drug-likeness (QED) is 0.577. The van der Waals surface area contributed by atoms with Crippen molar-refractivity contribution in [1.29, 1.82) is 0 Å². The highest BCUT2D eigenvalue weighted by Crippen LogP contribution is 2.40. The third-order valence-electron chi connectivity index (χ3n) is 5.63. The van der Waals surface area contributed by atoms with Crippen LogP contribution in [-0.2, 0) is 32.0 Å². The van der Waals surface area contributed by atoms with Crippen LogP contribution in [0.25, 0.3) is 0 Å². The second-order valence-corrected chi connectivity index (χ2v) is 11.1. The number of nitrogens with one attached hydrogen (secondary N) is 1. The molecule has 1 aliphatic carbocycles. The van der Waals surface area contributed by atoms with E-state index < -0.39 is 39.7 Å². The number of hydrogen-bond acceptors (Lipinski definition) is 4. The maximum absolute atomic E-state index is 13.0. The average Bonchev–Trinajstić information content (AvgIpc) is 3.51. The Labute approximate surface area is 197 Å². The van der Waals surface area contributed by atoms with E-state index in [1.165, 1.54) is 12.1 Å².